The first-order valence-corrected chi connectivity index (χ1v) is 6.79. The first-order chi connectivity index (χ1) is 9.47. The molecule has 3 rings (SSSR count). The molecular weight excluding hydrogens is 278 g/mol. The maximum absolute atomic E-state index is 6.25. The van der Waals surface area contributed by atoms with Crippen LogP contribution in [0.25, 0.3) is 11.2 Å². The first-order valence-electron chi connectivity index (χ1n) is 6.35. The van der Waals surface area contributed by atoms with Gasteiger partial charge in [-0.2, -0.15) is 10.2 Å². The van der Waals surface area contributed by atoms with E-state index in [4.69, 9.17) is 11.6 Å². The van der Waals surface area contributed by atoms with Crippen LogP contribution in [0.15, 0.2) is 6.33 Å². The molecule has 0 amide bonds. The summed E-state index contributed by atoms with van der Waals surface area (Å²) in [4.78, 5) is 8.89. The molecule has 0 aromatic carbocycles. The molecule has 0 bridgehead atoms. The molecule has 0 aliphatic carbocycles. The molecule has 0 aliphatic rings. The van der Waals surface area contributed by atoms with E-state index in [0.29, 0.717) is 6.54 Å². The van der Waals surface area contributed by atoms with Gasteiger partial charge < -0.3 is 4.57 Å². The fraction of sp³-hybridized carbons (Fsp3) is 0.500. The predicted molar refractivity (Wildman–Crippen MR) is 75.6 cm³/mol. The van der Waals surface area contributed by atoms with Crippen LogP contribution in [0.5, 0.6) is 0 Å². The van der Waals surface area contributed by atoms with E-state index in [2.05, 4.69) is 20.2 Å². The van der Waals surface area contributed by atoms with Crippen molar-refractivity contribution in [1.82, 2.24) is 34.1 Å². The summed E-state index contributed by atoms with van der Waals surface area (Å²) in [5.41, 5.74) is 2.72. The number of imidazole rings is 1. The van der Waals surface area contributed by atoms with E-state index in [0.717, 1.165) is 28.5 Å². The number of nitrogens with zero attached hydrogens (tertiary/aromatic N) is 7. The van der Waals surface area contributed by atoms with E-state index in [1.807, 2.05) is 37.2 Å². The van der Waals surface area contributed by atoms with Crippen LogP contribution in [0.4, 0.5) is 0 Å². The Morgan fingerprint density at radius 2 is 2.05 bits per heavy atom. The third-order valence-electron chi connectivity index (χ3n) is 3.22. The third-order valence-corrected chi connectivity index (χ3v) is 3.42. The fourth-order valence-electron chi connectivity index (χ4n) is 2.41. The Balaban J connectivity index is 2.18. The molecule has 0 N–H and O–H groups in total. The van der Waals surface area contributed by atoms with Crippen molar-refractivity contribution in [2.45, 2.75) is 25.8 Å². The van der Waals surface area contributed by atoms with E-state index in [-0.39, 0.29) is 5.38 Å². The summed E-state index contributed by atoms with van der Waals surface area (Å²) in [6.07, 6.45) is 1.68. The molecule has 0 radical (unpaired) electrons. The van der Waals surface area contributed by atoms with Crippen LogP contribution in [-0.4, -0.2) is 34.1 Å². The lowest BCUT2D eigenvalue weighted by molar-refractivity contribution is 0.656. The zero-order chi connectivity index (χ0) is 14.4. The zero-order valence-corrected chi connectivity index (χ0v) is 12.6. The molecule has 0 fully saturated rings. The van der Waals surface area contributed by atoms with Crippen LogP contribution < -0.4 is 0 Å². The summed E-state index contributed by atoms with van der Waals surface area (Å²) in [5, 5.41) is 8.53. The Kier molecular flexibility index (Phi) is 3.01. The van der Waals surface area contributed by atoms with Crippen molar-refractivity contribution in [3.63, 3.8) is 0 Å². The van der Waals surface area contributed by atoms with Gasteiger partial charge in [-0.1, -0.05) is 0 Å². The minimum Gasteiger partial charge on any atom is -0.304 e. The molecule has 0 saturated carbocycles. The SMILES string of the molecule is Cc1nn(C)c2c1nc(C(C)Cl)n2Cc1ncn(C)n1. The topological polar surface area (TPSA) is 66.3 Å². The molecule has 1 unspecified atom stereocenters. The Morgan fingerprint density at radius 3 is 2.65 bits per heavy atom. The van der Waals surface area contributed by atoms with Crippen LogP contribution in [-0.2, 0) is 20.6 Å². The summed E-state index contributed by atoms with van der Waals surface area (Å²) in [6.45, 7) is 4.39. The van der Waals surface area contributed by atoms with Gasteiger partial charge in [0.2, 0.25) is 0 Å². The minimum atomic E-state index is -0.189. The molecule has 3 aromatic rings. The van der Waals surface area contributed by atoms with Gasteiger partial charge in [-0.05, 0) is 13.8 Å². The van der Waals surface area contributed by atoms with Crippen LogP contribution in [0.1, 0.15) is 29.6 Å². The van der Waals surface area contributed by atoms with Gasteiger partial charge in [-0.15, -0.1) is 11.6 Å². The van der Waals surface area contributed by atoms with Crippen LogP contribution in [0.3, 0.4) is 0 Å². The number of aryl methyl sites for hydroxylation is 3. The smallest absolute Gasteiger partial charge is 0.170 e. The number of hydrogen-bond acceptors (Lipinski definition) is 4. The molecular formula is C12H16ClN7. The molecule has 1 atom stereocenters. The van der Waals surface area contributed by atoms with Crippen molar-refractivity contribution in [2.75, 3.05) is 0 Å². The predicted octanol–water partition coefficient (Wildman–Crippen LogP) is 1.55. The Bertz CT molecular complexity index is 764. The molecule has 3 heterocycles. The van der Waals surface area contributed by atoms with Crippen LogP contribution in [0, 0.1) is 6.92 Å². The quantitative estimate of drug-likeness (QED) is 0.687. The number of fused-ring (bicyclic) bond motifs is 1. The molecule has 106 valence electrons. The monoisotopic (exact) mass is 293 g/mol. The van der Waals surface area contributed by atoms with Crippen molar-refractivity contribution in [3.8, 4) is 0 Å². The van der Waals surface area contributed by atoms with Crippen molar-refractivity contribution in [2.24, 2.45) is 14.1 Å². The number of halogens is 1. The Labute approximate surface area is 121 Å². The van der Waals surface area contributed by atoms with Crippen molar-refractivity contribution in [1.29, 1.82) is 0 Å². The van der Waals surface area contributed by atoms with E-state index >= 15 is 0 Å². The lowest BCUT2D eigenvalue weighted by atomic mass is 10.4. The Morgan fingerprint density at radius 1 is 1.30 bits per heavy atom. The van der Waals surface area contributed by atoms with Gasteiger partial charge in [-0.25, -0.2) is 9.97 Å². The lowest BCUT2D eigenvalue weighted by Gasteiger charge is -2.08. The van der Waals surface area contributed by atoms with Gasteiger partial charge in [0, 0.05) is 14.1 Å². The second-order valence-electron chi connectivity index (χ2n) is 4.89. The molecule has 0 aliphatic heterocycles. The average molecular weight is 294 g/mol. The van der Waals surface area contributed by atoms with Crippen molar-refractivity contribution < 1.29 is 0 Å². The lowest BCUT2D eigenvalue weighted by Crippen LogP contribution is -2.10. The fourth-order valence-corrected chi connectivity index (χ4v) is 2.58. The summed E-state index contributed by atoms with van der Waals surface area (Å²) in [6, 6.07) is 0. The largest absolute Gasteiger partial charge is 0.304 e. The third kappa shape index (κ3) is 1.98. The standard InChI is InChI=1S/C12H16ClN7/c1-7(13)11-15-10-8(2)16-19(4)12(10)20(11)5-9-14-6-18(3)17-9/h6-7H,5H2,1-4H3. The number of aromatic nitrogens is 7. The van der Waals surface area contributed by atoms with Gasteiger partial charge in [0.05, 0.1) is 17.6 Å². The average Bonchev–Trinajstić information content (AvgIpc) is 3.00. The van der Waals surface area contributed by atoms with Gasteiger partial charge >= 0.3 is 0 Å². The maximum atomic E-state index is 6.25. The molecule has 0 spiro atoms. The van der Waals surface area contributed by atoms with Crippen LogP contribution >= 0.6 is 11.6 Å². The summed E-state index contributed by atoms with van der Waals surface area (Å²) >= 11 is 6.25. The second-order valence-corrected chi connectivity index (χ2v) is 5.54. The molecule has 20 heavy (non-hydrogen) atoms. The highest BCUT2D eigenvalue weighted by atomic mass is 35.5. The van der Waals surface area contributed by atoms with Gasteiger partial charge in [0.15, 0.2) is 11.5 Å². The second kappa shape index (κ2) is 4.59. The highest BCUT2D eigenvalue weighted by molar-refractivity contribution is 6.20. The van der Waals surface area contributed by atoms with E-state index in [9.17, 15) is 0 Å². The number of hydrogen-bond donors (Lipinski definition) is 0. The number of alkyl halides is 1. The van der Waals surface area contributed by atoms with Gasteiger partial charge in [0.25, 0.3) is 0 Å². The van der Waals surface area contributed by atoms with Crippen molar-refractivity contribution in [3.05, 3.63) is 23.7 Å². The van der Waals surface area contributed by atoms with E-state index in [1.54, 1.807) is 11.0 Å². The molecule has 8 heteroatoms. The molecule has 3 aromatic heterocycles. The van der Waals surface area contributed by atoms with E-state index < -0.39 is 0 Å². The summed E-state index contributed by atoms with van der Waals surface area (Å²) in [7, 11) is 3.75. The van der Waals surface area contributed by atoms with Crippen LogP contribution in [0.2, 0.25) is 0 Å². The van der Waals surface area contributed by atoms with Gasteiger partial charge in [-0.3, -0.25) is 9.36 Å². The molecule has 0 saturated heterocycles. The maximum Gasteiger partial charge on any atom is 0.170 e. The highest BCUT2D eigenvalue weighted by Gasteiger charge is 2.21. The number of rotatable bonds is 3. The minimum absolute atomic E-state index is 0.189. The normalized spacial score (nSPS) is 13.2. The summed E-state index contributed by atoms with van der Waals surface area (Å²) < 4.78 is 5.54. The Hall–Kier alpha value is -1.89. The summed E-state index contributed by atoms with van der Waals surface area (Å²) in [5.74, 6) is 1.54. The van der Waals surface area contributed by atoms with E-state index in [1.165, 1.54) is 0 Å². The molecule has 7 nitrogen and oxygen atoms in total. The van der Waals surface area contributed by atoms with Gasteiger partial charge in [0.1, 0.15) is 17.7 Å². The van der Waals surface area contributed by atoms with Crippen molar-refractivity contribution >= 4 is 22.8 Å². The zero-order valence-electron chi connectivity index (χ0n) is 11.9. The highest BCUT2D eigenvalue weighted by Crippen LogP contribution is 2.26. The first kappa shape index (κ1) is 13.1.